The van der Waals surface area contributed by atoms with Gasteiger partial charge in [0.1, 0.15) is 18.9 Å². The molecule has 1 N–H and O–H groups in total. The number of carbonyl (C=O) groups is 2. The molecule has 3 heterocycles. The minimum absolute atomic E-state index is 0.0496. The van der Waals surface area contributed by atoms with E-state index in [0.29, 0.717) is 38.3 Å². The first-order valence-electron chi connectivity index (χ1n) is 9.68. The highest BCUT2D eigenvalue weighted by Gasteiger charge is 2.37. The van der Waals surface area contributed by atoms with Crippen molar-refractivity contribution in [3.63, 3.8) is 0 Å². The van der Waals surface area contributed by atoms with Gasteiger partial charge in [0.25, 0.3) is 5.91 Å². The minimum atomic E-state index is -3.14. The normalized spacial score (nSPS) is 22.9. The first kappa shape index (κ1) is 19.7. The van der Waals surface area contributed by atoms with Crippen molar-refractivity contribution in [2.24, 2.45) is 5.10 Å². The third kappa shape index (κ3) is 4.52. The van der Waals surface area contributed by atoms with Crippen LogP contribution in [0.15, 0.2) is 23.3 Å². The van der Waals surface area contributed by atoms with Crippen molar-refractivity contribution >= 4 is 27.4 Å². The van der Waals surface area contributed by atoms with E-state index >= 15 is 0 Å². The molecule has 0 unspecified atom stereocenters. The lowest BCUT2D eigenvalue weighted by molar-refractivity contribution is -0.133. The molecule has 0 bridgehead atoms. The topological polar surface area (TPSA) is 114 Å². The number of amides is 2. The molecule has 1 saturated heterocycles. The first-order chi connectivity index (χ1) is 13.9. The largest absolute Gasteiger partial charge is 0.486 e. The maximum atomic E-state index is 12.5. The van der Waals surface area contributed by atoms with Crippen LogP contribution in [0.3, 0.4) is 0 Å². The highest BCUT2D eigenvalue weighted by molar-refractivity contribution is 7.91. The van der Waals surface area contributed by atoms with Crippen molar-refractivity contribution in [2.45, 2.75) is 31.7 Å². The van der Waals surface area contributed by atoms with Gasteiger partial charge in [-0.05, 0) is 30.5 Å². The number of hydrazone groups is 1. The fourth-order valence-corrected chi connectivity index (χ4v) is 5.35. The standard InChI is InChI=1S/C19H23N3O6S/c23-18-4-2-15(21-22(18)14-6-10-29(25,26)12-14)19(24)20-7-5-13-1-3-16-17(11-13)28-9-8-27-16/h1,3,11,14H,2,4-10,12H2,(H,20,24)/t14-/m1/s1. The predicted molar refractivity (Wildman–Crippen MR) is 105 cm³/mol. The Morgan fingerprint density at radius 2 is 2.00 bits per heavy atom. The summed E-state index contributed by atoms with van der Waals surface area (Å²) in [5.74, 6) is 0.812. The molecule has 0 spiro atoms. The second kappa shape index (κ2) is 8.02. The lowest BCUT2D eigenvalue weighted by atomic mass is 10.1. The summed E-state index contributed by atoms with van der Waals surface area (Å²) in [6.07, 6.45) is 1.38. The van der Waals surface area contributed by atoms with Crippen LogP contribution < -0.4 is 14.8 Å². The van der Waals surface area contributed by atoms with Gasteiger partial charge in [-0.25, -0.2) is 13.4 Å². The molecular formula is C19H23N3O6S. The summed E-state index contributed by atoms with van der Waals surface area (Å²) in [4.78, 5) is 24.6. The second-order valence-corrected chi connectivity index (χ2v) is 9.55. The average molecular weight is 421 g/mol. The number of carbonyl (C=O) groups excluding carboxylic acids is 2. The molecule has 0 radical (unpaired) electrons. The van der Waals surface area contributed by atoms with Crippen LogP contribution in [0.2, 0.25) is 0 Å². The van der Waals surface area contributed by atoms with Gasteiger partial charge in [0.05, 0.1) is 17.5 Å². The minimum Gasteiger partial charge on any atom is -0.486 e. The zero-order chi connectivity index (χ0) is 20.4. The Morgan fingerprint density at radius 3 is 2.76 bits per heavy atom. The van der Waals surface area contributed by atoms with Crippen LogP contribution in [0.5, 0.6) is 11.5 Å². The van der Waals surface area contributed by atoms with E-state index in [2.05, 4.69) is 10.4 Å². The number of ether oxygens (including phenoxy) is 2. The SMILES string of the molecule is O=C(NCCc1ccc2c(c1)OCCO2)C1=NN([C@@H]2CCS(=O)(=O)C2)C(=O)CC1. The number of hydrogen-bond donors (Lipinski definition) is 1. The fourth-order valence-electron chi connectivity index (χ4n) is 3.65. The van der Waals surface area contributed by atoms with Gasteiger partial charge in [-0.1, -0.05) is 6.07 Å². The van der Waals surface area contributed by atoms with E-state index in [4.69, 9.17) is 9.47 Å². The quantitative estimate of drug-likeness (QED) is 0.731. The molecule has 2 amide bonds. The molecule has 29 heavy (non-hydrogen) atoms. The molecule has 1 fully saturated rings. The van der Waals surface area contributed by atoms with E-state index in [9.17, 15) is 18.0 Å². The molecule has 3 aliphatic rings. The zero-order valence-electron chi connectivity index (χ0n) is 15.9. The summed E-state index contributed by atoms with van der Waals surface area (Å²) in [6.45, 7) is 1.46. The molecular weight excluding hydrogens is 398 g/mol. The predicted octanol–water partition coefficient (Wildman–Crippen LogP) is 0.282. The van der Waals surface area contributed by atoms with E-state index in [0.717, 1.165) is 11.3 Å². The van der Waals surface area contributed by atoms with E-state index in [-0.39, 0.29) is 41.9 Å². The van der Waals surface area contributed by atoms with Crippen molar-refractivity contribution in [3.05, 3.63) is 23.8 Å². The Bertz CT molecular complexity index is 959. The molecule has 0 aliphatic carbocycles. The number of fused-ring (bicyclic) bond motifs is 1. The molecule has 0 aromatic heterocycles. The lowest BCUT2D eigenvalue weighted by Gasteiger charge is -2.27. The maximum Gasteiger partial charge on any atom is 0.267 e. The Morgan fingerprint density at radius 1 is 1.21 bits per heavy atom. The van der Waals surface area contributed by atoms with Gasteiger partial charge in [-0.15, -0.1) is 0 Å². The van der Waals surface area contributed by atoms with Crippen molar-refractivity contribution in [2.75, 3.05) is 31.3 Å². The van der Waals surface area contributed by atoms with Crippen LogP contribution in [0.1, 0.15) is 24.8 Å². The van der Waals surface area contributed by atoms with Gasteiger partial charge in [0, 0.05) is 19.4 Å². The smallest absolute Gasteiger partial charge is 0.267 e. The van der Waals surface area contributed by atoms with Gasteiger partial charge >= 0.3 is 0 Å². The summed E-state index contributed by atoms with van der Waals surface area (Å²) in [6, 6.07) is 5.21. The Kier molecular flexibility index (Phi) is 5.44. The van der Waals surface area contributed by atoms with Crippen molar-refractivity contribution in [1.82, 2.24) is 10.3 Å². The molecule has 156 valence electrons. The number of hydrogen-bond acceptors (Lipinski definition) is 7. The van der Waals surface area contributed by atoms with Gasteiger partial charge < -0.3 is 14.8 Å². The van der Waals surface area contributed by atoms with Gasteiger partial charge in [0.15, 0.2) is 21.3 Å². The van der Waals surface area contributed by atoms with E-state index in [1.165, 1.54) is 5.01 Å². The Hall–Kier alpha value is -2.62. The molecule has 0 saturated carbocycles. The number of nitrogens with one attached hydrogen (secondary N) is 1. The van der Waals surface area contributed by atoms with E-state index in [1.807, 2.05) is 18.2 Å². The third-order valence-corrected chi connectivity index (χ3v) is 6.93. The highest BCUT2D eigenvalue weighted by Crippen LogP contribution is 2.30. The summed E-state index contributed by atoms with van der Waals surface area (Å²) in [5, 5.41) is 8.20. The van der Waals surface area contributed by atoms with Crippen LogP contribution in [-0.4, -0.2) is 68.3 Å². The maximum absolute atomic E-state index is 12.5. The lowest BCUT2D eigenvalue weighted by Crippen LogP contribution is -2.44. The third-order valence-electron chi connectivity index (χ3n) is 5.18. The summed E-state index contributed by atoms with van der Waals surface area (Å²) >= 11 is 0. The van der Waals surface area contributed by atoms with Gasteiger partial charge in [-0.3, -0.25) is 9.59 Å². The first-order valence-corrected chi connectivity index (χ1v) is 11.5. The van der Waals surface area contributed by atoms with E-state index < -0.39 is 15.9 Å². The van der Waals surface area contributed by atoms with Crippen LogP contribution in [0.25, 0.3) is 0 Å². The molecule has 1 atom stereocenters. The number of rotatable bonds is 5. The van der Waals surface area contributed by atoms with E-state index in [1.54, 1.807) is 0 Å². The van der Waals surface area contributed by atoms with Gasteiger partial charge in [-0.2, -0.15) is 5.10 Å². The van der Waals surface area contributed by atoms with Gasteiger partial charge in [0.2, 0.25) is 5.91 Å². The van der Waals surface area contributed by atoms with Crippen LogP contribution >= 0.6 is 0 Å². The van der Waals surface area contributed by atoms with Crippen molar-refractivity contribution in [3.8, 4) is 11.5 Å². The van der Waals surface area contributed by atoms with Crippen molar-refractivity contribution in [1.29, 1.82) is 0 Å². The molecule has 1 aromatic rings. The summed E-state index contributed by atoms with van der Waals surface area (Å²) in [5.41, 5.74) is 1.27. The molecule has 9 nitrogen and oxygen atoms in total. The summed E-state index contributed by atoms with van der Waals surface area (Å²) < 4.78 is 34.4. The monoisotopic (exact) mass is 421 g/mol. The highest BCUT2D eigenvalue weighted by atomic mass is 32.2. The Labute approximate surface area is 169 Å². The average Bonchev–Trinajstić information content (AvgIpc) is 3.07. The summed E-state index contributed by atoms with van der Waals surface area (Å²) in [7, 11) is -3.14. The number of sulfone groups is 1. The number of nitrogens with zero attached hydrogens (tertiary/aromatic N) is 2. The fraction of sp³-hybridized carbons (Fsp3) is 0.526. The molecule has 4 rings (SSSR count). The van der Waals surface area contributed by atoms with Crippen LogP contribution in [-0.2, 0) is 25.8 Å². The van der Waals surface area contributed by atoms with Crippen LogP contribution in [0, 0.1) is 0 Å². The molecule has 10 heteroatoms. The second-order valence-electron chi connectivity index (χ2n) is 7.33. The molecule has 3 aliphatic heterocycles. The Balaban J connectivity index is 1.34. The zero-order valence-corrected chi connectivity index (χ0v) is 16.7. The van der Waals surface area contributed by atoms with Crippen LogP contribution in [0.4, 0.5) is 0 Å². The molecule has 1 aromatic carbocycles. The van der Waals surface area contributed by atoms with Crippen molar-refractivity contribution < 1.29 is 27.5 Å². The number of benzene rings is 1.